The number of anilines is 2. The van der Waals surface area contributed by atoms with Crippen molar-refractivity contribution in [1.82, 2.24) is 20.6 Å². The lowest BCUT2D eigenvalue weighted by Crippen LogP contribution is -2.48. The van der Waals surface area contributed by atoms with Gasteiger partial charge in [0.1, 0.15) is 12.2 Å². The summed E-state index contributed by atoms with van der Waals surface area (Å²) >= 11 is 0. The molecule has 1 aromatic heterocycles. The second-order valence-corrected chi connectivity index (χ2v) is 7.66. The minimum atomic E-state index is -0.205. The Morgan fingerprint density at radius 1 is 1.10 bits per heavy atom. The van der Waals surface area contributed by atoms with E-state index < -0.39 is 0 Å². The molecule has 30 heavy (non-hydrogen) atoms. The van der Waals surface area contributed by atoms with Crippen molar-refractivity contribution in [2.45, 2.75) is 31.2 Å². The van der Waals surface area contributed by atoms with E-state index in [1.54, 1.807) is 6.20 Å². The summed E-state index contributed by atoms with van der Waals surface area (Å²) in [5.41, 5.74) is 3.00. The fourth-order valence-corrected chi connectivity index (χ4v) is 3.81. The van der Waals surface area contributed by atoms with E-state index in [4.69, 9.17) is 9.47 Å². The number of carbonyl (C=O) groups is 1. The summed E-state index contributed by atoms with van der Waals surface area (Å²) in [5.74, 6) is 0.530. The zero-order chi connectivity index (χ0) is 21.1. The van der Waals surface area contributed by atoms with Gasteiger partial charge in [0, 0.05) is 38.1 Å². The number of nitrogens with one attached hydrogen (secondary N) is 3. The zero-order valence-electron chi connectivity index (χ0n) is 17.5. The number of urea groups is 1. The van der Waals surface area contributed by atoms with Crippen LogP contribution in [0.5, 0.6) is 0 Å². The predicted molar refractivity (Wildman–Crippen MR) is 115 cm³/mol. The Morgan fingerprint density at radius 2 is 1.80 bits per heavy atom. The molecule has 3 N–H and O–H groups in total. The molecule has 0 bridgehead atoms. The van der Waals surface area contributed by atoms with E-state index in [9.17, 15) is 4.79 Å². The molecule has 0 spiro atoms. The summed E-state index contributed by atoms with van der Waals surface area (Å²) in [4.78, 5) is 22.9. The maximum atomic E-state index is 11.8. The highest BCUT2D eigenvalue weighted by molar-refractivity contribution is 5.74. The van der Waals surface area contributed by atoms with E-state index in [1.165, 1.54) is 0 Å². The number of ether oxygens (including phenoxy) is 2. The molecule has 3 heterocycles. The zero-order valence-corrected chi connectivity index (χ0v) is 17.5. The van der Waals surface area contributed by atoms with Crippen LogP contribution < -0.4 is 20.9 Å². The number of carbonyl (C=O) groups excluding carboxylic acids is 1. The third-order valence-electron chi connectivity index (χ3n) is 5.36. The summed E-state index contributed by atoms with van der Waals surface area (Å²) in [5, 5.41) is 8.99. The first-order valence-corrected chi connectivity index (χ1v) is 10.2. The lowest BCUT2D eigenvalue weighted by Gasteiger charge is -2.18. The Kier molecular flexibility index (Phi) is 6.01. The molecule has 4 atom stereocenters. The second kappa shape index (κ2) is 8.85. The molecular weight excluding hydrogens is 384 g/mol. The van der Waals surface area contributed by atoms with Gasteiger partial charge in [-0.3, -0.25) is 0 Å². The molecule has 1 aromatic carbocycles. The van der Waals surface area contributed by atoms with Gasteiger partial charge in [-0.15, -0.1) is 0 Å². The van der Waals surface area contributed by atoms with Crippen LogP contribution >= 0.6 is 0 Å². The van der Waals surface area contributed by atoms with E-state index in [1.807, 2.05) is 39.2 Å². The molecular formula is C21H28N6O3. The third-order valence-corrected chi connectivity index (χ3v) is 5.36. The van der Waals surface area contributed by atoms with Gasteiger partial charge in [0.15, 0.2) is 0 Å². The summed E-state index contributed by atoms with van der Waals surface area (Å²) in [6.45, 7) is 3.34. The number of rotatable bonds is 6. The van der Waals surface area contributed by atoms with Crippen molar-refractivity contribution in [2.75, 3.05) is 44.1 Å². The molecule has 2 aromatic rings. The number of nitrogens with zero attached hydrogens (tertiary/aromatic N) is 3. The van der Waals surface area contributed by atoms with Crippen LogP contribution in [0.1, 0.15) is 6.92 Å². The first kappa shape index (κ1) is 20.4. The molecule has 2 amide bonds. The largest absolute Gasteiger partial charge is 0.378 e. The highest BCUT2D eigenvalue weighted by Gasteiger charge is 2.48. The fourth-order valence-electron chi connectivity index (χ4n) is 3.81. The van der Waals surface area contributed by atoms with Crippen LogP contribution in [0.4, 0.5) is 16.4 Å². The Balaban J connectivity index is 1.41. The molecule has 9 heteroatoms. The maximum Gasteiger partial charge on any atom is 0.315 e. The van der Waals surface area contributed by atoms with Crippen LogP contribution in [-0.2, 0) is 9.47 Å². The summed E-state index contributed by atoms with van der Waals surface area (Å²) in [6.07, 6.45) is 1.39. The van der Waals surface area contributed by atoms with Crippen molar-refractivity contribution in [1.29, 1.82) is 0 Å². The van der Waals surface area contributed by atoms with Gasteiger partial charge in [-0.25, -0.2) is 14.8 Å². The Hall–Kier alpha value is -2.91. The normalized spacial score (nSPS) is 24.9. The molecule has 2 fully saturated rings. The second-order valence-electron chi connectivity index (χ2n) is 7.66. The van der Waals surface area contributed by atoms with Crippen molar-refractivity contribution < 1.29 is 14.3 Å². The first-order valence-electron chi connectivity index (χ1n) is 10.2. The van der Waals surface area contributed by atoms with Gasteiger partial charge in [0.2, 0.25) is 5.95 Å². The number of fused-ring (bicyclic) bond motifs is 1. The smallest absolute Gasteiger partial charge is 0.315 e. The molecule has 4 rings (SSSR count). The van der Waals surface area contributed by atoms with Gasteiger partial charge in [-0.05, 0) is 25.1 Å². The van der Waals surface area contributed by atoms with Crippen molar-refractivity contribution in [2.24, 2.45) is 0 Å². The van der Waals surface area contributed by atoms with Gasteiger partial charge in [-0.1, -0.05) is 12.1 Å². The van der Waals surface area contributed by atoms with Crippen LogP contribution in [0.2, 0.25) is 0 Å². The van der Waals surface area contributed by atoms with Crippen LogP contribution in [0.3, 0.4) is 0 Å². The molecule has 2 aliphatic heterocycles. The Morgan fingerprint density at radius 3 is 2.50 bits per heavy atom. The van der Waals surface area contributed by atoms with E-state index in [-0.39, 0.29) is 30.3 Å². The van der Waals surface area contributed by atoms with Gasteiger partial charge >= 0.3 is 6.03 Å². The molecule has 0 saturated carbocycles. The van der Waals surface area contributed by atoms with E-state index in [2.05, 4.69) is 43.0 Å². The first-order chi connectivity index (χ1) is 14.5. The predicted octanol–water partition coefficient (Wildman–Crippen LogP) is 1.48. The topological polar surface area (TPSA) is 101 Å². The SMILES string of the molecule is CCNC(=O)N[C@@H]1CO[C@@H]2[C@@H]1OC[C@@H]2Nc1nccc(-c2ccc(N(C)C)cc2)n1. The molecule has 9 nitrogen and oxygen atoms in total. The lowest BCUT2D eigenvalue weighted by atomic mass is 10.1. The molecule has 2 saturated heterocycles. The number of aromatic nitrogens is 2. The van der Waals surface area contributed by atoms with E-state index >= 15 is 0 Å². The molecule has 0 aliphatic carbocycles. The van der Waals surface area contributed by atoms with Crippen molar-refractivity contribution >= 4 is 17.7 Å². The minimum Gasteiger partial charge on any atom is -0.378 e. The average Bonchev–Trinajstić information content (AvgIpc) is 3.32. The van der Waals surface area contributed by atoms with Crippen LogP contribution in [0.25, 0.3) is 11.3 Å². The van der Waals surface area contributed by atoms with Crippen molar-refractivity contribution in [3.8, 4) is 11.3 Å². The third kappa shape index (κ3) is 4.31. The highest BCUT2D eigenvalue weighted by Crippen LogP contribution is 2.29. The Labute approximate surface area is 176 Å². The summed E-state index contributed by atoms with van der Waals surface area (Å²) in [7, 11) is 4.03. The number of benzene rings is 1. The molecule has 2 aliphatic rings. The van der Waals surface area contributed by atoms with Gasteiger partial charge in [-0.2, -0.15) is 0 Å². The van der Waals surface area contributed by atoms with Crippen LogP contribution in [0.15, 0.2) is 36.5 Å². The van der Waals surface area contributed by atoms with Crippen molar-refractivity contribution in [3.05, 3.63) is 36.5 Å². The summed E-state index contributed by atoms with van der Waals surface area (Å²) < 4.78 is 11.8. The number of hydrogen-bond acceptors (Lipinski definition) is 7. The highest BCUT2D eigenvalue weighted by atomic mass is 16.6. The minimum absolute atomic E-state index is 0.0811. The summed E-state index contributed by atoms with van der Waals surface area (Å²) in [6, 6.07) is 9.66. The van der Waals surface area contributed by atoms with E-state index in [0.29, 0.717) is 25.7 Å². The molecule has 0 unspecified atom stereocenters. The van der Waals surface area contributed by atoms with Crippen LogP contribution in [-0.4, -0.2) is 74.1 Å². The average molecular weight is 412 g/mol. The maximum absolute atomic E-state index is 11.8. The van der Waals surface area contributed by atoms with Gasteiger partial charge < -0.3 is 30.3 Å². The van der Waals surface area contributed by atoms with E-state index in [0.717, 1.165) is 16.9 Å². The van der Waals surface area contributed by atoms with Crippen molar-refractivity contribution in [3.63, 3.8) is 0 Å². The molecule has 160 valence electrons. The number of hydrogen-bond donors (Lipinski definition) is 3. The van der Waals surface area contributed by atoms with Gasteiger partial charge in [0.25, 0.3) is 0 Å². The fraction of sp³-hybridized carbons (Fsp3) is 0.476. The molecule has 0 radical (unpaired) electrons. The monoisotopic (exact) mass is 412 g/mol. The standard InChI is InChI=1S/C21H28N6O3/c1-4-22-21(28)26-17-12-30-18-16(11-29-19(17)18)25-20-23-10-9-15(24-20)13-5-7-14(8-6-13)27(2)3/h5-10,16-19H,4,11-12H2,1-3H3,(H2,22,26,28)(H,23,24,25)/t16-,17+,18-,19+/m0/s1. The lowest BCUT2D eigenvalue weighted by molar-refractivity contribution is 0.0682. The van der Waals surface area contributed by atoms with Crippen LogP contribution in [0, 0.1) is 0 Å². The van der Waals surface area contributed by atoms with Gasteiger partial charge in [0.05, 0.1) is 31.0 Å². The Bertz CT molecular complexity index is 875. The quantitative estimate of drug-likeness (QED) is 0.661. The number of amides is 2.